The van der Waals surface area contributed by atoms with Crippen LogP contribution < -0.4 is 0 Å². The van der Waals surface area contributed by atoms with E-state index in [9.17, 15) is 4.79 Å². The summed E-state index contributed by atoms with van der Waals surface area (Å²) >= 11 is 8.67. The number of aromatic nitrogens is 3. The summed E-state index contributed by atoms with van der Waals surface area (Å²) in [7, 11) is 0. The van der Waals surface area contributed by atoms with Crippen LogP contribution in [-0.2, 0) is 6.42 Å². The van der Waals surface area contributed by atoms with Gasteiger partial charge in [0.1, 0.15) is 0 Å². The molecule has 0 bridgehead atoms. The molecule has 24 heavy (non-hydrogen) atoms. The van der Waals surface area contributed by atoms with E-state index in [4.69, 9.17) is 16.0 Å². The quantitative estimate of drug-likeness (QED) is 0.465. The molecule has 8 heteroatoms. The van der Waals surface area contributed by atoms with Crippen molar-refractivity contribution in [3.8, 4) is 0 Å². The van der Waals surface area contributed by atoms with Crippen LogP contribution >= 0.6 is 34.7 Å². The number of nitrogens with zero attached hydrogens (tertiary/aromatic N) is 3. The molecule has 124 valence electrons. The minimum absolute atomic E-state index is 0.00783. The van der Waals surface area contributed by atoms with E-state index in [1.165, 1.54) is 11.8 Å². The van der Waals surface area contributed by atoms with Crippen LogP contribution in [0, 0.1) is 6.92 Å². The molecule has 3 aromatic rings. The van der Waals surface area contributed by atoms with Crippen molar-refractivity contribution in [2.24, 2.45) is 0 Å². The highest BCUT2D eigenvalue weighted by Gasteiger charge is 2.20. The number of aryl methyl sites for hydroxylation is 1. The van der Waals surface area contributed by atoms with Crippen molar-refractivity contribution >= 4 is 40.5 Å². The van der Waals surface area contributed by atoms with E-state index in [1.54, 1.807) is 35.6 Å². The summed E-state index contributed by atoms with van der Waals surface area (Å²) in [6.07, 6.45) is 0.497. The minimum Gasteiger partial charge on any atom is -0.416 e. The lowest BCUT2D eigenvalue weighted by Gasteiger charge is -2.07. The van der Waals surface area contributed by atoms with Crippen molar-refractivity contribution < 1.29 is 9.21 Å². The van der Waals surface area contributed by atoms with Crippen molar-refractivity contribution in [3.05, 3.63) is 56.8 Å². The molecular weight excluding hydrogens is 366 g/mol. The van der Waals surface area contributed by atoms with E-state index in [0.717, 1.165) is 10.7 Å². The van der Waals surface area contributed by atoms with Gasteiger partial charge in [-0.2, -0.15) is 0 Å². The Balaban J connectivity index is 1.63. The Morgan fingerprint density at radius 3 is 2.75 bits per heavy atom. The summed E-state index contributed by atoms with van der Waals surface area (Å²) in [6.45, 7) is 3.77. The molecule has 0 N–H and O–H groups in total. The third-order valence-electron chi connectivity index (χ3n) is 3.22. The van der Waals surface area contributed by atoms with Gasteiger partial charge in [0.15, 0.2) is 5.78 Å². The maximum absolute atomic E-state index is 12.4. The number of Topliss-reactive ketones (excluding diaryl/α,β-unsaturated/α-hetero) is 1. The first-order chi connectivity index (χ1) is 11.5. The van der Waals surface area contributed by atoms with E-state index < -0.39 is 0 Å². The van der Waals surface area contributed by atoms with Crippen LogP contribution in [0.15, 0.2) is 39.3 Å². The lowest BCUT2D eigenvalue weighted by Crippen LogP contribution is -2.13. The Morgan fingerprint density at radius 1 is 1.33 bits per heavy atom. The summed E-state index contributed by atoms with van der Waals surface area (Å²) in [6, 6.07) is 6.83. The first kappa shape index (κ1) is 17.1. The monoisotopic (exact) mass is 379 g/mol. The van der Waals surface area contributed by atoms with Crippen LogP contribution in [0.25, 0.3) is 0 Å². The van der Waals surface area contributed by atoms with Gasteiger partial charge in [0.25, 0.3) is 5.22 Å². The first-order valence-electron chi connectivity index (χ1n) is 7.21. The van der Waals surface area contributed by atoms with Gasteiger partial charge >= 0.3 is 0 Å². The van der Waals surface area contributed by atoms with Crippen molar-refractivity contribution in [2.75, 3.05) is 0 Å². The Kier molecular flexibility index (Phi) is 5.33. The molecule has 0 fully saturated rings. The maximum Gasteiger partial charge on any atom is 0.277 e. The van der Waals surface area contributed by atoms with Crippen LogP contribution in [0.3, 0.4) is 0 Å². The van der Waals surface area contributed by atoms with Gasteiger partial charge in [-0.15, -0.1) is 21.5 Å². The van der Waals surface area contributed by atoms with Crippen molar-refractivity contribution in [1.82, 2.24) is 15.2 Å². The summed E-state index contributed by atoms with van der Waals surface area (Å²) in [4.78, 5) is 16.8. The minimum atomic E-state index is -0.332. The Labute approximate surface area is 152 Å². The molecule has 0 spiro atoms. The number of hydrogen-bond donors (Lipinski definition) is 0. The third kappa shape index (κ3) is 4.23. The molecule has 1 aromatic carbocycles. The van der Waals surface area contributed by atoms with Gasteiger partial charge < -0.3 is 4.42 Å². The van der Waals surface area contributed by atoms with E-state index in [0.29, 0.717) is 28.1 Å². The number of ketones is 1. The fraction of sp³-hybridized carbons (Fsp3) is 0.250. The largest absolute Gasteiger partial charge is 0.416 e. The van der Waals surface area contributed by atoms with Crippen LogP contribution in [0.1, 0.15) is 33.9 Å². The summed E-state index contributed by atoms with van der Waals surface area (Å²) < 4.78 is 5.60. The molecule has 3 rings (SSSR count). The average molecular weight is 380 g/mol. The maximum atomic E-state index is 12.4. The van der Waals surface area contributed by atoms with Crippen LogP contribution in [0.2, 0.25) is 5.02 Å². The summed E-state index contributed by atoms with van der Waals surface area (Å²) in [5.41, 5.74) is 1.51. The second-order valence-electron chi connectivity index (χ2n) is 5.13. The van der Waals surface area contributed by atoms with Gasteiger partial charge in [-0.1, -0.05) is 23.4 Å². The highest BCUT2D eigenvalue weighted by atomic mass is 35.5. The van der Waals surface area contributed by atoms with Gasteiger partial charge in [-0.05, 0) is 38.1 Å². The summed E-state index contributed by atoms with van der Waals surface area (Å²) in [5, 5.41) is 11.6. The predicted octanol–water partition coefficient (Wildman–Crippen LogP) is 4.44. The summed E-state index contributed by atoms with van der Waals surface area (Å²) in [5.74, 6) is 0.487. The van der Waals surface area contributed by atoms with Crippen molar-refractivity contribution in [2.45, 2.75) is 30.7 Å². The van der Waals surface area contributed by atoms with Gasteiger partial charge in [0.2, 0.25) is 5.89 Å². The molecule has 0 aliphatic carbocycles. The van der Waals surface area contributed by atoms with Crippen molar-refractivity contribution in [3.63, 3.8) is 0 Å². The number of rotatable bonds is 6. The van der Waals surface area contributed by atoms with Gasteiger partial charge in [-0.25, -0.2) is 4.98 Å². The molecule has 0 amide bonds. The van der Waals surface area contributed by atoms with Gasteiger partial charge in [0.05, 0.1) is 22.4 Å². The lowest BCUT2D eigenvalue weighted by atomic mass is 10.1. The molecule has 5 nitrogen and oxygen atoms in total. The van der Waals surface area contributed by atoms with Gasteiger partial charge in [-0.3, -0.25) is 4.79 Å². The number of benzene rings is 1. The molecule has 0 aliphatic rings. The standard InChI is InChI=1S/C16H14ClN3O2S2/c1-9(15(21)11-3-5-12(17)6-4-11)24-16-20-19-14(22-16)7-13-8-23-10(2)18-13/h3-6,8-9H,7H2,1-2H3. The predicted molar refractivity (Wildman–Crippen MR) is 95.1 cm³/mol. The molecule has 0 aliphatic heterocycles. The molecule has 0 saturated heterocycles. The molecular formula is C16H14ClN3O2S2. The molecule has 1 atom stereocenters. The smallest absolute Gasteiger partial charge is 0.277 e. The molecule has 0 radical (unpaired) electrons. The number of thiazole rings is 1. The number of carbonyl (C=O) groups excluding carboxylic acids is 1. The van der Waals surface area contributed by atoms with E-state index in [2.05, 4.69) is 15.2 Å². The molecule has 2 heterocycles. The first-order valence-corrected chi connectivity index (χ1v) is 9.35. The highest BCUT2D eigenvalue weighted by Crippen LogP contribution is 2.25. The van der Waals surface area contributed by atoms with Crippen LogP contribution in [0.5, 0.6) is 0 Å². The zero-order chi connectivity index (χ0) is 17.1. The normalized spacial score (nSPS) is 12.3. The number of carbonyl (C=O) groups is 1. The number of halogens is 1. The van der Waals surface area contributed by atoms with Gasteiger partial charge in [0, 0.05) is 16.0 Å². The number of hydrogen-bond acceptors (Lipinski definition) is 7. The SMILES string of the molecule is Cc1nc(Cc2nnc(SC(C)C(=O)c3ccc(Cl)cc3)o2)cs1. The van der Waals surface area contributed by atoms with Crippen LogP contribution in [0.4, 0.5) is 0 Å². The molecule has 0 saturated carbocycles. The topological polar surface area (TPSA) is 68.9 Å². The third-order valence-corrected chi connectivity index (χ3v) is 5.23. The fourth-order valence-corrected chi connectivity index (χ4v) is 3.57. The zero-order valence-electron chi connectivity index (χ0n) is 13.0. The van der Waals surface area contributed by atoms with E-state index in [-0.39, 0.29) is 11.0 Å². The van der Waals surface area contributed by atoms with Crippen molar-refractivity contribution in [1.29, 1.82) is 0 Å². The number of thioether (sulfide) groups is 1. The van der Waals surface area contributed by atoms with Crippen LogP contribution in [-0.4, -0.2) is 26.2 Å². The van der Waals surface area contributed by atoms with E-state index in [1.807, 2.05) is 19.2 Å². The second kappa shape index (κ2) is 7.46. The Morgan fingerprint density at radius 2 is 2.08 bits per heavy atom. The molecule has 1 unspecified atom stereocenters. The second-order valence-corrected chi connectivity index (χ2v) is 7.92. The fourth-order valence-electron chi connectivity index (χ4n) is 2.06. The molecule has 2 aromatic heterocycles. The zero-order valence-corrected chi connectivity index (χ0v) is 15.4. The lowest BCUT2D eigenvalue weighted by molar-refractivity contribution is 0.0993. The average Bonchev–Trinajstić information content (AvgIpc) is 3.17. The Hall–Kier alpha value is -1.70. The Bertz CT molecular complexity index is 845. The highest BCUT2D eigenvalue weighted by molar-refractivity contribution is 8.00. The van der Waals surface area contributed by atoms with E-state index >= 15 is 0 Å².